The maximum atomic E-state index is 12.7. The lowest BCUT2D eigenvalue weighted by molar-refractivity contribution is 0.0880. The molecule has 2 heterocycles. The molecular weight excluding hydrogens is 392 g/mol. The number of amides is 2. The number of rotatable bonds is 0. The average molecular weight is 403 g/mol. The molecular formula is C21H11BrN2O2. The number of nitrogens with one attached hydrogen (secondary N) is 2. The van der Waals surface area contributed by atoms with Gasteiger partial charge in [0, 0.05) is 32.7 Å². The zero-order chi connectivity index (χ0) is 17.6. The van der Waals surface area contributed by atoms with E-state index in [1.165, 1.54) is 5.56 Å². The topological polar surface area (TPSA) is 62.0 Å². The first-order chi connectivity index (χ1) is 12.6. The summed E-state index contributed by atoms with van der Waals surface area (Å²) in [7, 11) is 0. The molecule has 4 nitrogen and oxygen atoms in total. The highest BCUT2D eigenvalue weighted by atomic mass is 79.9. The van der Waals surface area contributed by atoms with Crippen LogP contribution in [0.25, 0.3) is 32.9 Å². The lowest BCUT2D eigenvalue weighted by Gasteiger charge is -2.08. The first-order valence-electron chi connectivity index (χ1n) is 8.37. The van der Waals surface area contributed by atoms with E-state index in [9.17, 15) is 9.59 Å². The van der Waals surface area contributed by atoms with Crippen LogP contribution in [-0.2, 0) is 6.42 Å². The van der Waals surface area contributed by atoms with Gasteiger partial charge < -0.3 is 4.98 Å². The molecule has 5 heteroatoms. The van der Waals surface area contributed by atoms with Gasteiger partial charge in [0.2, 0.25) is 0 Å². The molecule has 0 saturated carbocycles. The summed E-state index contributed by atoms with van der Waals surface area (Å²) < 4.78 is 0.938. The first kappa shape index (κ1) is 14.3. The maximum Gasteiger partial charge on any atom is 0.259 e. The first-order valence-corrected chi connectivity index (χ1v) is 9.16. The Balaban J connectivity index is 1.90. The molecule has 4 aromatic rings. The highest BCUT2D eigenvalue weighted by molar-refractivity contribution is 9.10. The molecule has 1 aliphatic carbocycles. The number of carbonyl (C=O) groups excluding carboxylic acids is 2. The average Bonchev–Trinajstić information content (AvgIpc) is 3.26. The number of fused-ring (bicyclic) bond motifs is 10. The molecule has 6 rings (SSSR count). The van der Waals surface area contributed by atoms with Crippen LogP contribution >= 0.6 is 15.9 Å². The smallest absolute Gasteiger partial charge is 0.259 e. The second-order valence-corrected chi connectivity index (χ2v) is 7.70. The summed E-state index contributed by atoms with van der Waals surface area (Å²) in [5.74, 6) is -0.618. The number of hydrogen-bond donors (Lipinski definition) is 2. The Labute approximate surface area is 156 Å². The van der Waals surface area contributed by atoms with E-state index < -0.39 is 0 Å². The van der Waals surface area contributed by atoms with Crippen LogP contribution in [0.4, 0.5) is 0 Å². The van der Waals surface area contributed by atoms with Crippen molar-refractivity contribution in [2.45, 2.75) is 6.42 Å². The van der Waals surface area contributed by atoms with Gasteiger partial charge in [0.25, 0.3) is 11.8 Å². The fourth-order valence-electron chi connectivity index (χ4n) is 4.44. The van der Waals surface area contributed by atoms with Gasteiger partial charge in [0.05, 0.1) is 16.6 Å². The molecule has 3 aromatic carbocycles. The van der Waals surface area contributed by atoms with E-state index in [1.807, 2.05) is 36.4 Å². The van der Waals surface area contributed by atoms with Crippen LogP contribution in [0.1, 0.15) is 31.8 Å². The van der Waals surface area contributed by atoms with Crippen molar-refractivity contribution in [3.05, 3.63) is 69.2 Å². The molecule has 124 valence electrons. The predicted molar refractivity (Wildman–Crippen MR) is 104 cm³/mol. The third-order valence-corrected chi connectivity index (χ3v) is 5.94. The van der Waals surface area contributed by atoms with Crippen LogP contribution in [-0.4, -0.2) is 16.8 Å². The number of aromatic amines is 1. The lowest BCUT2D eigenvalue weighted by atomic mass is 9.92. The Morgan fingerprint density at radius 3 is 2.62 bits per heavy atom. The molecule has 1 aromatic heterocycles. The van der Waals surface area contributed by atoms with E-state index in [1.54, 1.807) is 0 Å². The highest BCUT2D eigenvalue weighted by Gasteiger charge is 2.38. The van der Waals surface area contributed by atoms with Gasteiger partial charge in [-0.1, -0.05) is 40.2 Å². The molecule has 0 unspecified atom stereocenters. The third kappa shape index (κ3) is 1.59. The zero-order valence-corrected chi connectivity index (χ0v) is 15.0. The normalized spacial score (nSPS) is 14.7. The Morgan fingerprint density at radius 1 is 0.923 bits per heavy atom. The zero-order valence-electron chi connectivity index (χ0n) is 13.4. The summed E-state index contributed by atoms with van der Waals surface area (Å²) in [5, 5.41) is 4.29. The van der Waals surface area contributed by atoms with Crippen LogP contribution in [0.15, 0.2) is 46.9 Å². The molecule has 0 spiro atoms. The number of halogens is 1. The molecule has 2 aliphatic rings. The molecule has 0 radical (unpaired) electrons. The monoisotopic (exact) mass is 402 g/mol. The van der Waals surface area contributed by atoms with Crippen molar-refractivity contribution < 1.29 is 9.59 Å². The SMILES string of the molecule is O=C1NC(=O)c2c1c1c(c3[nH]c4ccc(Br)cc4c23)Cc2ccccc2-1. The fraction of sp³-hybridized carbons (Fsp3) is 0.0476. The molecule has 0 saturated heterocycles. The number of carbonyl (C=O) groups is 2. The van der Waals surface area contributed by atoms with Crippen molar-refractivity contribution in [3.63, 3.8) is 0 Å². The van der Waals surface area contributed by atoms with Crippen LogP contribution in [0.5, 0.6) is 0 Å². The van der Waals surface area contributed by atoms with Crippen LogP contribution < -0.4 is 5.32 Å². The molecule has 1 aliphatic heterocycles. The number of aromatic nitrogens is 1. The maximum absolute atomic E-state index is 12.7. The van der Waals surface area contributed by atoms with E-state index in [4.69, 9.17) is 0 Å². The van der Waals surface area contributed by atoms with Gasteiger partial charge in [-0.15, -0.1) is 0 Å². The summed E-state index contributed by atoms with van der Waals surface area (Å²) >= 11 is 3.51. The quantitative estimate of drug-likeness (QED) is 0.373. The summed E-state index contributed by atoms with van der Waals surface area (Å²) in [6, 6.07) is 14.1. The van der Waals surface area contributed by atoms with Crippen LogP contribution in [0, 0.1) is 0 Å². The van der Waals surface area contributed by atoms with E-state index in [-0.39, 0.29) is 11.8 Å². The Kier molecular flexibility index (Phi) is 2.54. The van der Waals surface area contributed by atoms with Gasteiger partial charge in [0.1, 0.15) is 0 Å². The second kappa shape index (κ2) is 4.62. The van der Waals surface area contributed by atoms with Gasteiger partial charge in [-0.05, 0) is 34.9 Å². The fourth-order valence-corrected chi connectivity index (χ4v) is 4.80. The van der Waals surface area contributed by atoms with Crippen LogP contribution in [0.3, 0.4) is 0 Å². The summed E-state index contributed by atoms with van der Waals surface area (Å²) in [6.45, 7) is 0. The third-order valence-electron chi connectivity index (χ3n) is 5.45. The number of hydrogen-bond acceptors (Lipinski definition) is 2. The van der Waals surface area contributed by atoms with E-state index >= 15 is 0 Å². The van der Waals surface area contributed by atoms with Crippen LogP contribution in [0.2, 0.25) is 0 Å². The van der Waals surface area contributed by atoms with Gasteiger partial charge in [0.15, 0.2) is 0 Å². The summed E-state index contributed by atoms with van der Waals surface area (Å²) in [6.07, 6.45) is 0.755. The van der Waals surface area contributed by atoms with Gasteiger partial charge >= 0.3 is 0 Å². The van der Waals surface area contributed by atoms with Crippen molar-refractivity contribution in [2.75, 3.05) is 0 Å². The van der Waals surface area contributed by atoms with E-state index in [0.29, 0.717) is 11.1 Å². The van der Waals surface area contributed by atoms with Gasteiger partial charge in [-0.2, -0.15) is 0 Å². The molecule has 2 amide bonds. The Hall–Kier alpha value is -2.92. The van der Waals surface area contributed by atoms with Crippen molar-refractivity contribution in [2.24, 2.45) is 0 Å². The number of imide groups is 1. The molecule has 0 fully saturated rings. The largest absolute Gasteiger partial charge is 0.354 e. The minimum absolute atomic E-state index is 0.302. The summed E-state index contributed by atoms with van der Waals surface area (Å²) in [5.41, 5.74) is 7.15. The van der Waals surface area contributed by atoms with E-state index in [2.05, 4.69) is 32.3 Å². The molecule has 2 N–H and O–H groups in total. The predicted octanol–water partition coefficient (Wildman–Crippen LogP) is 4.54. The number of H-pyrrole nitrogens is 1. The minimum atomic E-state index is -0.317. The minimum Gasteiger partial charge on any atom is -0.354 e. The Morgan fingerprint density at radius 2 is 1.73 bits per heavy atom. The lowest BCUT2D eigenvalue weighted by Crippen LogP contribution is -2.20. The second-order valence-electron chi connectivity index (χ2n) is 6.79. The number of benzene rings is 3. The van der Waals surface area contributed by atoms with Crippen molar-refractivity contribution in [1.29, 1.82) is 0 Å². The Bertz CT molecular complexity index is 1330. The summed E-state index contributed by atoms with van der Waals surface area (Å²) in [4.78, 5) is 28.8. The van der Waals surface area contributed by atoms with Crippen molar-refractivity contribution >= 4 is 49.6 Å². The molecule has 0 atom stereocenters. The van der Waals surface area contributed by atoms with Gasteiger partial charge in [-0.25, -0.2) is 0 Å². The standard InChI is InChI=1S/C21H11BrN2O2/c22-10-5-6-14-12(8-10)16-18-17(20(25)24-21(18)26)15-11-4-2-1-3-9(11)7-13(15)19(16)23-14/h1-6,8,23H,7H2,(H,24,25,26). The molecule has 0 bridgehead atoms. The van der Waals surface area contributed by atoms with E-state index in [0.717, 1.165) is 49.4 Å². The van der Waals surface area contributed by atoms with Crippen molar-refractivity contribution in [1.82, 2.24) is 10.3 Å². The van der Waals surface area contributed by atoms with Gasteiger partial charge in [-0.3, -0.25) is 14.9 Å². The molecule has 26 heavy (non-hydrogen) atoms. The highest BCUT2D eigenvalue weighted by Crippen LogP contribution is 2.47. The van der Waals surface area contributed by atoms with Crippen molar-refractivity contribution in [3.8, 4) is 11.1 Å².